The SMILES string of the molecule is CCCCCOC(=O)Nc1cc(N(C)C)c2c(c1O)C(=O)C1=C(O)C3C(=O)C(C(N)=O)=C(O)[C@@H](N(C)C)C3[C@@H](O)C1C2. The van der Waals surface area contributed by atoms with E-state index in [4.69, 9.17) is 10.5 Å². The van der Waals surface area contributed by atoms with E-state index in [1.165, 1.54) is 11.0 Å². The van der Waals surface area contributed by atoms with Crippen molar-refractivity contribution in [2.24, 2.45) is 23.5 Å². The number of Topliss-reactive ketones (excluding diaryl/α,β-unsaturated/α-hetero) is 2. The van der Waals surface area contributed by atoms with Gasteiger partial charge in [0.15, 0.2) is 17.3 Å². The minimum atomic E-state index is -1.54. The van der Waals surface area contributed by atoms with E-state index in [2.05, 4.69) is 5.32 Å². The predicted octanol–water partition coefficient (Wildman–Crippen LogP) is 1.78. The number of nitrogens with one attached hydrogen (secondary N) is 1. The zero-order chi connectivity index (χ0) is 31.2. The number of anilines is 2. The summed E-state index contributed by atoms with van der Waals surface area (Å²) in [6.07, 6.45) is 0.219. The van der Waals surface area contributed by atoms with Gasteiger partial charge in [0.2, 0.25) is 0 Å². The Labute approximate surface area is 243 Å². The molecule has 0 fully saturated rings. The summed E-state index contributed by atoms with van der Waals surface area (Å²) in [6.45, 7) is 2.18. The van der Waals surface area contributed by atoms with Crippen LogP contribution in [0, 0.1) is 17.8 Å². The van der Waals surface area contributed by atoms with Crippen molar-refractivity contribution in [2.75, 3.05) is 45.0 Å². The number of aromatic hydroxyl groups is 1. The van der Waals surface area contributed by atoms with Crippen molar-refractivity contribution in [3.63, 3.8) is 0 Å². The summed E-state index contributed by atoms with van der Waals surface area (Å²) in [5.74, 6) is -8.55. The highest BCUT2D eigenvalue weighted by molar-refractivity contribution is 6.22. The smallest absolute Gasteiger partial charge is 0.411 e. The largest absolute Gasteiger partial charge is 0.511 e. The highest BCUT2D eigenvalue weighted by Gasteiger charge is 2.58. The Bertz CT molecular complexity index is 1400. The van der Waals surface area contributed by atoms with Gasteiger partial charge in [-0.25, -0.2) is 4.79 Å². The molecule has 5 atom stereocenters. The van der Waals surface area contributed by atoms with Crippen molar-refractivity contribution >= 4 is 34.9 Å². The number of phenols is 1. The fraction of sp³-hybridized carbons (Fsp3) is 0.517. The number of ether oxygens (including phenoxy) is 1. The number of fused-ring (bicyclic) bond motifs is 3. The molecule has 1 aromatic carbocycles. The van der Waals surface area contributed by atoms with E-state index in [0.29, 0.717) is 17.7 Å². The van der Waals surface area contributed by atoms with E-state index >= 15 is 0 Å². The molecule has 13 heteroatoms. The summed E-state index contributed by atoms with van der Waals surface area (Å²) in [6, 6.07) is 0.420. The van der Waals surface area contributed by atoms with Gasteiger partial charge in [-0.05, 0) is 38.6 Å². The van der Waals surface area contributed by atoms with Crippen LogP contribution in [0.2, 0.25) is 0 Å². The maximum absolute atomic E-state index is 14.0. The fourth-order valence-corrected chi connectivity index (χ4v) is 6.46. The van der Waals surface area contributed by atoms with E-state index in [1.54, 1.807) is 33.1 Å². The normalized spacial score (nSPS) is 25.2. The Morgan fingerprint density at radius 3 is 2.33 bits per heavy atom. The number of carbonyl (C=O) groups excluding carboxylic acids is 4. The molecule has 0 radical (unpaired) electrons. The third-order valence-corrected chi connectivity index (χ3v) is 8.34. The van der Waals surface area contributed by atoms with E-state index in [-0.39, 0.29) is 29.9 Å². The highest BCUT2D eigenvalue weighted by atomic mass is 16.5. The molecule has 0 aromatic heterocycles. The standard InChI is InChI=1S/C29H38N4O9/c1-6-7-8-9-42-29(41)31-14-11-15(32(2)3)12-10-13-17(24(36)16(12)23(14)35)25(37)19-18(22(13)34)21(33(4)5)27(39)20(26(19)38)28(30)40/h11,13,18-19,21-22,34-35,37,39H,6-10H2,1-5H3,(H2,30,40)(H,31,41)/t13?,18?,19?,21-,22-/m0/s1. The third kappa shape index (κ3) is 4.96. The molecule has 228 valence electrons. The van der Waals surface area contributed by atoms with Crippen molar-refractivity contribution in [1.29, 1.82) is 0 Å². The number of ketones is 2. The first-order chi connectivity index (χ1) is 19.7. The first-order valence-corrected chi connectivity index (χ1v) is 13.8. The molecule has 4 rings (SSSR count). The van der Waals surface area contributed by atoms with Crippen LogP contribution in [0.1, 0.15) is 42.1 Å². The first-order valence-electron chi connectivity index (χ1n) is 13.8. The monoisotopic (exact) mass is 586 g/mol. The number of rotatable bonds is 8. The van der Waals surface area contributed by atoms with Crippen molar-refractivity contribution in [2.45, 2.75) is 44.8 Å². The summed E-state index contributed by atoms with van der Waals surface area (Å²) in [7, 11) is 6.55. The average Bonchev–Trinajstić information content (AvgIpc) is 2.90. The lowest BCUT2D eigenvalue weighted by molar-refractivity contribution is -0.131. The third-order valence-electron chi connectivity index (χ3n) is 8.34. The number of nitrogens with two attached hydrogens (primary N) is 1. The number of aliphatic hydroxyl groups excluding tert-OH is 3. The van der Waals surface area contributed by atoms with Crippen molar-refractivity contribution in [3.05, 3.63) is 39.9 Å². The summed E-state index contributed by atoms with van der Waals surface area (Å²) < 4.78 is 5.18. The van der Waals surface area contributed by atoms with Crippen molar-refractivity contribution in [1.82, 2.24) is 4.90 Å². The molecule has 3 unspecified atom stereocenters. The second kappa shape index (κ2) is 11.6. The molecule has 3 aliphatic rings. The number of phenolic OH excluding ortho intramolecular Hbond substituents is 1. The van der Waals surface area contributed by atoms with Crippen LogP contribution in [0.25, 0.3) is 0 Å². The van der Waals surface area contributed by atoms with E-state index in [9.17, 15) is 39.6 Å². The minimum absolute atomic E-state index is 0.0187. The molecule has 0 heterocycles. The maximum Gasteiger partial charge on any atom is 0.411 e. The first kappa shape index (κ1) is 30.8. The lowest BCUT2D eigenvalue weighted by Crippen LogP contribution is -2.59. The molecule has 2 amide bonds. The molecule has 0 spiro atoms. The van der Waals surface area contributed by atoms with Gasteiger partial charge in [0.25, 0.3) is 5.91 Å². The van der Waals surface area contributed by atoms with Crippen molar-refractivity contribution in [3.8, 4) is 5.75 Å². The van der Waals surface area contributed by atoms with Crippen LogP contribution in [-0.2, 0) is 20.7 Å². The Balaban J connectivity index is 1.84. The van der Waals surface area contributed by atoms with Gasteiger partial charge in [0.1, 0.15) is 17.1 Å². The number of primary amides is 1. The number of aliphatic hydroxyl groups is 3. The number of hydrogen-bond donors (Lipinski definition) is 6. The van der Waals surface area contributed by atoms with Gasteiger partial charge >= 0.3 is 6.09 Å². The molecule has 0 saturated carbocycles. The second-order valence-corrected chi connectivity index (χ2v) is 11.4. The minimum Gasteiger partial charge on any atom is -0.511 e. The number of likely N-dealkylation sites (N-methyl/N-ethyl adjacent to an activating group) is 1. The summed E-state index contributed by atoms with van der Waals surface area (Å²) in [5.41, 5.74) is 4.94. The van der Waals surface area contributed by atoms with Gasteiger partial charge in [0.05, 0.1) is 35.9 Å². The number of hydrogen-bond acceptors (Lipinski definition) is 11. The molecule has 0 bridgehead atoms. The predicted molar refractivity (Wildman–Crippen MR) is 152 cm³/mol. The summed E-state index contributed by atoms with van der Waals surface area (Å²) in [5, 5.41) is 47.7. The molecular weight excluding hydrogens is 548 g/mol. The van der Waals surface area contributed by atoms with Crippen LogP contribution in [0.5, 0.6) is 5.75 Å². The fourth-order valence-electron chi connectivity index (χ4n) is 6.46. The van der Waals surface area contributed by atoms with Crippen LogP contribution < -0.4 is 16.0 Å². The molecule has 13 nitrogen and oxygen atoms in total. The van der Waals surface area contributed by atoms with Crippen LogP contribution in [0.4, 0.5) is 16.2 Å². The molecule has 7 N–H and O–H groups in total. The maximum atomic E-state index is 14.0. The molecule has 42 heavy (non-hydrogen) atoms. The Hall–Kier alpha value is -4.10. The van der Waals surface area contributed by atoms with E-state index in [0.717, 1.165) is 12.8 Å². The van der Waals surface area contributed by atoms with Gasteiger partial charge in [0, 0.05) is 37.2 Å². The van der Waals surface area contributed by atoms with Gasteiger partial charge < -0.3 is 35.8 Å². The van der Waals surface area contributed by atoms with Crippen molar-refractivity contribution < 1.29 is 44.3 Å². The van der Waals surface area contributed by atoms with Crippen LogP contribution in [0.15, 0.2) is 28.7 Å². The van der Waals surface area contributed by atoms with Crippen LogP contribution in [-0.4, -0.2) is 95.8 Å². The highest BCUT2D eigenvalue weighted by Crippen LogP contribution is 2.52. The summed E-state index contributed by atoms with van der Waals surface area (Å²) in [4.78, 5) is 55.2. The van der Waals surface area contributed by atoms with Gasteiger partial charge in [-0.15, -0.1) is 0 Å². The number of benzene rings is 1. The molecule has 0 aliphatic heterocycles. The Morgan fingerprint density at radius 2 is 1.76 bits per heavy atom. The van der Waals surface area contributed by atoms with E-state index < -0.39 is 76.3 Å². The molecule has 0 saturated heterocycles. The molecule has 1 aromatic rings. The number of unbranched alkanes of at least 4 members (excludes halogenated alkanes) is 2. The molecule has 3 aliphatic carbocycles. The topological polar surface area (TPSA) is 203 Å². The quantitative estimate of drug-likeness (QED) is 0.147. The summed E-state index contributed by atoms with van der Waals surface area (Å²) >= 11 is 0. The van der Waals surface area contributed by atoms with Gasteiger partial charge in [-0.2, -0.15) is 0 Å². The molecular formula is C29H38N4O9. The second-order valence-electron chi connectivity index (χ2n) is 11.4. The lowest BCUT2D eigenvalue weighted by Gasteiger charge is -2.49. The Morgan fingerprint density at radius 1 is 1.10 bits per heavy atom. The number of nitrogens with zero attached hydrogens (tertiary/aromatic N) is 2. The Kier molecular flexibility index (Phi) is 8.55. The van der Waals surface area contributed by atoms with Gasteiger partial charge in [-0.3, -0.25) is 24.6 Å². The number of carbonyl (C=O) groups is 4. The van der Waals surface area contributed by atoms with Crippen LogP contribution in [0.3, 0.4) is 0 Å². The lowest BCUT2D eigenvalue weighted by atomic mass is 9.59. The zero-order valence-corrected chi connectivity index (χ0v) is 24.3. The zero-order valence-electron chi connectivity index (χ0n) is 24.3. The van der Waals surface area contributed by atoms with Gasteiger partial charge in [-0.1, -0.05) is 19.8 Å². The number of allylic oxidation sites excluding steroid dienone is 1. The average molecular weight is 587 g/mol. The van der Waals surface area contributed by atoms with E-state index in [1.807, 2.05) is 6.92 Å². The van der Waals surface area contributed by atoms with Crippen LogP contribution >= 0.6 is 0 Å². The number of amides is 2.